The fraction of sp³-hybridized carbons (Fsp3) is 0.286. The number of aromatic nitrogens is 3. The maximum absolute atomic E-state index is 14.7. The number of aromatic amines is 1. The Morgan fingerprint density at radius 3 is 2.79 bits per heavy atom. The van der Waals surface area contributed by atoms with E-state index in [0.717, 1.165) is 11.3 Å². The topological polar surface area (TPSA) is 73.9 Å². The molecule has 2 N–H and O–H groups in total. The highest BCUT2D eigenvalue weighted by Gasteiger charge is 2.28. The summed E-state index contributed by atoms with van der Waals surface area (Å²) in [6.07, 6.45) is -0.351. The highest BCUT2D eigenvalue weighted by atomic mass is 19.1. The van der Waals surface area contributed by atoms with Crippen LogP contribution in [0.4, 0.5) is 10.1 Å². The molecule has 3 aromatic rings. The van der Waals surface area contributed by atoms with E-state index >= 15 is 0 Å². The Balaban J connectivity index is 1.43. The van der Waals surface area contributed by atoms with Crippen LogP contribution in [0.25, 0.3) is 0 Å². The molecule has 1 aliphatic rings. The summed E-state index contributed by atoms with van der Waals surface area (Å²) in [5, 5.41) is 9.72. The van der Waals surface area contributed by atoms with Crippen LogP contribution in [0.1, 0.15) is 40.2 Å². The quantitative estimate of drug-likeness (QED) is 0.731. The Hall–Kier alpha value is -3.22. The molecule has 0 unspecified atom stereocenters. The highest BCUT2D eigenvalue weighted by molar-refractivity contribution is 5.90. The van der Waals surface area contributed by atoms with E-state index in [-0.39, 0.29) is 18.3 Å². The van der Waals surface area contributed by atoms with Crippen LogP contribution in [0.5, 0.6) is 0 Å². The molecule has 28 heavy (non-hydrogen) atoms. The zero-order valence-corrected chi connectivity index (χ0v) is 15.6. The summed E-state index contributed by atoms with van der Waals surface area (Å²) in [4.78, 5) is 18.8. The number of carbonyl (C=O) groups is 1. The summed E-state index contributed by atoms with van der Waals surface area (Å²) >= 11 is 0. The standard InChI is InChI=1S/C21H22FN5O/c1-27-13-15(12-17(22)16-9-5-6-10-18(16)27)23-21(28)20-24-19(25-26-20)11-14-7-3-2-4-8-14/h2-10,15,17H,11-13H2,1H3,(H,23,28)(H,24,25,26)/t15-,17+/m0/s1. The summed E-state index contributed by atoms with van der Waals surface area (Å²) in [5.74, 6) is 0.294. The molecule has 0 fully saturated rings. The van der Waals surface area contributed by atoms with Crippen molar-refractivity contribution in [2.24, 2.45) is 0 Å². The van der Waals surface area contributed by atoms with Gasteiger partial charge in [-0.25, -0.2) is 9.37 Å². The second-order valence-corrected chi connectivity index (χ2v) is 7.08. The van der Waals surface area contributed by atoms with E-state index in [1.165, 1.54) is 0 Å². The van der Waals surface area contributed by atoms with Crippen LogP contribution in [-0.4, -0.2) is 40.7 Å². The molecule has 2 aromatic carbocycles. The van der Waals surface area contributed by atoms with Gasteiger partial charge in [-0.05, 0) is 11.6 Å². The van der Waals surface area contributed by atoms with Gasteiger partial charge in [0.05, 0.1) is 0 Å². The number of halogens is 1. The van der Waals surface area contributed by atoms with Crippen molar-refractivity contribution in [3.63, 3.8) is 0 Å². The summed E-state index contributed by atoms with van der Waals surface area (Å²) in [6, 6.07) is 16.9. The average molecular weight is 379 g/mol. The number of rotatable bonds is 4. The molecule has 0 saturated carbocycles. The minimum Gasteiger partial charge on any atom is -0.372 e. The SMILES string of the molecule is CN1C[C@@H](NC(=O)c2n[nH]c(Cc3ccccc3)n2)C[C@@H](F)c2ccccc21. The van der Waals surface area contributed by atoms with Gasteiger partial charge in [-0.2, -0.15) is 0 Å². The van der Waals surface area contributed by atoms with Crippen molar-refractivity contribution >= 4 is 11.6 Å². The zero-order chi connectivity index (χ0) is 19.5. The van der Waals surface area contributed by atoms with Crippen molar-refractivity contribution in [2.75, 3.05) is 18.5 Å². The number of alkyl halides is 1. The number of amides is 1. The van der Waals surface area contributed by atoms with E-state index in [1.54, 1.807) is 6.07 Å². The van der Waals surface area contributed by atoms with Crippen LogP contribution in [0.3, 0.4) is 0 Å². The molecule has 2 atom stereocenters. The van der Waals surface area contributed by atoms with Crippen LogP contribution >= 0.6 is 0 Å². The van der Waals surface area contributed by atoms with E-state index in [9.17, 15) is 9.18 Å². The van der Waals surface area contributed by atoms with E-state index in [0.29, 0.717) is 24.4 Å². The number of H-pyrrole nitrogens is 1. The number of hydrogen-bond acceptors (Lipinski definition) is 4. The number of nitrogens with zero attached hydrogens (tertiary/aromatic N) is 3. The lowest BCUT2D eigenvalue weighted by atomic mass is 10.0. The first kappa shape index (κ1) is 18.2. The van der Waals surface area contributed by atoms with Crippen molar-refractivity contribution in [1.29, 1.82) is 0 Å². The number of fused-ring (bicyclic) bond motifs is 1. The molecule has 0 spiro atoms. The molecule has 1 amide bonds. The van der Waals surface area contributed by atoms with Gasteiger partial charge in [0, 0.05) is 43.7 Å². The third kappa shape index (κ3) is 3.88. The summed E-state index contributed by atoms with van der Waals surface area (Å²) in [6.45, 7) is 0.518. The lowest BCUT2D eigenvalue weighted by molar-refractivity contribution is 0.0920. The van der Waals surface area contributed by atoms with Gasteiger partial charge in [-0.3, -0.25) is 9.89 Å². The van der Waals surface area contributed by atoms with Gasteiger partial charge in [0.25, 0.3) is 5.91 Å². The van der Waals surface area contributed by atoms with Crippen molar-refractivity contribution in [2.45, 2.75) is 25.1 Å². The first-order chi connectivity index (χ1) is 13.6. The van der Waals surface area contributed by atoms with Crippen LogP contribution in [-0.2, 0) is 6.42 Å². The first-order valence-electron chi connectivity index (χ1n) is 9.30. The zero-order valence-electron chi connectivity index (χ0n) is 15.6. The number of hydrogen-bond donors (Lipinski definition) is 2. The third-order valence-corrected chi connectivity index (χ3v) is 4.96. The predicted molar refractivity (Wildman–Crippen MR) is 105 cm³/mol. The summed E-state index contributed by atoms with van der Waals surface area (Å²) < 4.78 is 14.7. The summed E-state index contributed by atoms with van der Waals surface area (Å²) in [5.41, 5.74) is 2.59. The smallest absolute Gasteiger partial charge is 0.291 e. The Labute approximate surface area is 162 Å². The van der Waals surface area contributed by atoms with Crippen molar-refractivity contribution in [3.05, 3.63) is 77.4 Å². The van der Waals surface area contributed by atoms with E-state index in [4.69, 9.17) is 0 Å². The van der Waals surface area contributed by atoms with Gasteiger partial charge in [0.2, 0.25) is 5.82 Å². The van der Waals surface area contributed by atoms with Gasteiger partial charge < -0.3 is 10.2 Å². The van der Waals surface area contributed by atoms with Crippen molar-refractivity contribution in [1.82, 2.24) is 20.5 Å². The molecule has 0 saturated heterocycles. The minimum atomic E-state index is -1.13. The number of benzene rings is 2. The molecule has 1 aromatic heterocycles. The summed E-state index contributed by atoms with van der Waals surface area (Å²) in [7, 11) is 1.90. The maximum Gasteiger partial charge on any atom is 0.291 e. The molecule has 0 aliphatic carbocycles. The fourth-order valence-electron chi connectivity index (χ4n) is 3.60. The molecule has 1 aliphatic heterocycles. The van der Waals surface area contributed by atoms with E-state index < -0.39 is 12.1 Å². The second-order valence-electron chi connectivity index (χ2n) is 7.08. The van der Waals surface area contributed by atoms with Crippen LogP contribution in [0.2, 0.25) is 0 Å². The highest BCUT2D eigenvalue weighted by Crippen LogP contribution is 2.34. The number of anilines is 1. The average Bonchev–Trinajstić information content (AvgIpc) is 3.12. The van der Waals surface area contributed by atoms with Gasteiger partial charge in [0.1, 0.15) is 12.0 Å². The Morgan fingerprint density at radius 2 is 1.96 bits per heavy atom. The molecule has 0 bridgehead atoms. The molecule has 0 radical (unpaired) electrons. The lowest BCUT2D eigenvalue weighted by Gasteiger charge is -2.23. The third-order valence-electron chi connectivity index (χ3n) is 4.96. The van der Waals surface area contributed by atoms with Crippen LogP contribution < -0.4 is 10.2 Å². The molecule has 7 heteroatoms. The number of likely N-dealkylation sites (N-methyl/N-ethyl adjacent to an activating group) is 1. The lowest BCUT2D eigenvalue weighted by Crippen LogP contribution is -2.42. The molecular formula is C21H22FN5O. The molecule has 144 valence electrons. The monoisotopic (exact) mass is 379 g/mol. The number of nitrogens with one attached hydrogen (secondary N) is 2. The van der Waals surface area contributed by atoms with Gasteiger partial charge in [-0.1, -0.05) is 48.5 Å². The van der Waals surface area contributed by atoms with E-state index in [1.807, 2.05) is 60.5 Å². The molecular weight excluding hydrogens is 357 g/mol. The Bertz CT molecular complexity index is 927. The first-order valence-corrected chi connectivity index (χ1v) is 9.30. The van der Waals surface area contributed by atoms with Gasteiger partial charge >= 0.3 is 0 Å². The maximum atomic E-state index is 14.7. The Kier molecular flexibility index (Phi) is 5.06. The molecule has 4 rings (SSSR count). The van der Waals surface area contributed by atoms with E-state index in [2.05, 4.69) is 20.5 Å². The number of para-hydroxylation sites is 1. The largest absolute Gasteiger partial charge is 0.372 e. The number of carbonyl (C=O) groups excluding carboxylic acids is 1. The minimum absolute atomic E-state index is 0.0748. The Morgan fingerprint density at radius 1 is 1.21 bits per heavy atom. The van der Waals surface area contributed by atoms with Gasteiger partial charge in [0.15, 0.2) is 0 Å². The van der Waals surface area contributed by atoms with Crippen molar-refractivity contribution in [3.8, 4) is 0 Å². The van der Waals surface area contributed by atoms with Crippen LogP contribution in [0, 0.1) is 0 Å². The molecule has 6 nitrogen and oxygen atoms in total. The van der Waals surface area contributed by atoms with Gasteiger partial charge in [-0.15, -0.1) is 5.10 Å². The van der Waals surface area contributed by atoms with Crippen molar-refractivity contribution < 1.29 is 9.18 Å². The predicted octanol–water partition coefficient (Wildman–Crippen LogP) is 3.04. The second kappa shape index (κ2) is 7.80. The van der Waals surface area contributed by atoms with Crippen LogP contribution in [0.15, 0.2) is 54.6 Å². The molecule has 2 heterocycles. The normalized spacial score (nSPS) is 19.0. The fourth-order valence-corrected chi connectivity index (χ4v) is 3.60.